The third kappa shape index (κ3) is 1.36. The van der Waals surface area contributed by atoms with Crippen LogP contribution in [0.1, 0.15) is 30.7 Å². The molecule has 1 aromatic carbocycles. The Morgan fingerprint density at radius 2 is 2.12 bits per heavy atom. The van der Waals surface area contributed by atoms with Gasteiger partial charge in [0.1, 0.15) is 11.9 Å². The second-order valence-electron chi connectivity index (χ2n) is 4.57. The van der Waals surface area contributed by atoms with Gasteiger partial charge in [-0.1, -0.05) is 0 Å². The molecular weight excluding hydrogens is 220 g/mol. The first-order valence-corrected chi connectivity index (χ1v) is 5.90. The number of fused-ring (bicyclic) bond motifs is 3. The zero-order valence-corrected chi connectivity index (χ0v) is 10.0. The molecule has 0 radical (unpaired) electrons. The lowest BCUT2D eigenvalue weighted by Crippen LogP contribution is -2.11. The van der Waals surface area contributed by atoms with Crippen molar-refractivity contribution in [2.75, 3.05) is 14.2 Å². The highest BCUT2D eigenvalue weighted by atomic mass is 16.5. The van der Waals surface area contributed by atoms with Gasteiger partial charge in [-0.15, -0.1) is 0 Å². The first-order valence-electron chi connectivity index (χ1n) is 5.90. The number of hydrogen-bond donors (Lipinski definition) is 1. The molecule has 1 heterocycles. The van der Waals surface area contributed by atoms with E-state index in [-0.39, 0.29) is 11.9 Å². The van der Waals surface area contributed by atoms with Crippen LogP contribution in [0, 0.1) is 0 Å². The molecule has 0 unspecified atom stereocenters. The van der Waals surface area contributed by atoms with Gasteiger partial charge in [-0.25, -0.2) is 0 Å². The quantitative estimate of drug-likeness (QED) is 0.856. The number of benzene rings is 1. The van der Waals surface area contributed by atoms with Gasteiger partial charge in [0.25, 0.3) is 0 Å². The van der Waals surface area contributed by atoms with E-state index in [2.05, 4.69) is 0 Å². The van der Waals surface area contributed by atoms with Gasteiger partial charge in [0.05, 0.1) is 14.2 Å². The molecule has 1 N–H and O–H groups in total. The van der Waals surface area contributed by atoms with Crippen molar-refractivity contribution in [3.8, 4) is 23.0 Å². The molecule has 4 nitrogen and oxygen atoms in total. The molecule has 0 amide bonds. The van der Waals surface area contributed by atoms with Crippen LogP contribution >= 0.6 is 0 Å². The summed E-state index contributed by atoms with van der Waals surface area (Å²) in [4.78, 5) is 0. The molecule has 0 spiro atoms. The number of methoxy groups -OCH3 is 2. The minimum absolute atomic E-state index is 0.0740. The monoisotopic (exact) mass is 236 g/mol. The molecule has 3 rings (SSSR count). The van der Waals surface area contributed by atoms with Crippen LogP contribution < -0.4 is 14.2 Å². The molecule has 1 aliphatic heterocycles. The summed E-state index contributed by atoms with van der Waals surface area (Å²) in [6.07, 6.45) is 3.58. The summed E-state index contributed by atoms with van der Waals surface area (Å²) in [5.74, 6) is 2.14. The van der Waals surface area contributed by atoms with Crippen LogP contribution in [0.15, 0.2) is 6.07 Å². The largest absolute Gasteiger partial charge is 0.502 e. The van der Waals surface area contributed by atoms with Gasteiger partial charge in [-0.3, -0.25) is 0 Å². The fourth-order valence-corrected chi connectivity index (χ4v) is 2.99. The molecule has 92 valence electrons. The zero-order chi connectivity index (χ0) is 12.0. The molecule has 1 fully saturated rings. The third-order valence-electron chi connectivity index (χ3n) is 3.75. The topological polar surface area (TPSA) is 47.9 Å². The second-order valence-corrected chi connectivity index (χ2v) is 4.57. The van der Waals surface area contributed by atoms with E-state index in [1.54, 1.807) is 13.2 Å². The molecular formula is C13H16O4. The predicted octanol–water partition coefficient (Wildman–Crippen LogP) is 2.44. The molecule has 1 aromatic rings. The van der Waals surface area contributed by atoms with Crippen molar-refractivity contribution in [1.29, 1.82) is 0 Å². The molecule has 2 aliphatic rings. The maximum absolute atomic E-state index is 10.1. The van der Waals surface area contributed by atoms with E-state index in [0.717, 1.165) is 24.2 Å². The van der Waals surface area contributed by atoms with Crippen LogP contribution in [0.4, 0.5) is 0 Å². The van der Waals surface area contributed by atoms with E-state index in [1.807, 2.05) is 0 Å². The molecule has 4 heteroatoms. The van der Waals surface area contributed by atoms with Crippen LogP contribution in [0.2, 0.25) is 0 Å². The summed E-state index contributed by atoms with van der Waals surface area (Å²) in [6, 6.07) is 1.76. The maximum atomic E-state index is 10.1. The molecule has 1 saturated carbocycles. The maximum Gasteiger partial charge on any atom is 0.201 e. The van der Waals surface area contributed by atoms with E-state index >= 15 is 0 Å². The van der Waals surface area contributed by atoms with Crippen molar-refractivity contribution in [2.24, 2.45) is 0 Å². The molecule has 2 atom stereocenters. The number of aromatic hydroxyl groups is 1. The highest BCUT2D eigenvalue weighted by Gasteiger charge is 2.41. The smallest absolute Gasteiger partial charge is 0.201 e. The Bertz CT molecular complexity index is 455. The van der Waals surface area contributed by atoms with Gasteiger partial charge >= 0.3 is 0 Å². The summed E-state index contributed by atoms with van der Waals surface area (Å²) >= 11 is 0. The van der Waals surface area contributed by atoms with Crippen molar-refractivity contribution < 1.29 is 19.3 Å². The average molecular weight is 236 g/mol. The van der Waals surface area contributed by atoms with Crippen LogP contribution in [-0.4, -0.2) is 25.4 Å². The van der Waals surface area contributed by atoms with E-state index in [0.29, 0.717) is 17.4 Å². The summed E-state index contributed by atoms with van der Waals surface area (Å²) < 4.78 is 16.4. The minimum atomic E-state index is 0.0740. The van der Waals surface area contributed by atoms with E-state index in [1.165, 1.54) is 13.5 Å². The van der Waals surface area contributed by atoms with Gasteiger partial charge in [0.15, 0.2) is 11.5 Å². The molecule has 0 bridgehead atoms. The van der Waals surface area contributed by atoms with Gasteiger partial charge in [0, 0.05) is 17.5 Å². The minimum Gasteiger partial charge on any atom is -0.502 e. The van der Waals surface area contributed by atoms with Crippen LogP contribution in [-0.2, 0) is 0 Å². The van der Waals surface area contributed by atoms with Gasteiger partial charge < -0.3 is 19.3 Å². The Morgan fingerprint density at radius 3 is 2.82 bits per heavy atom. The SMILES string of the molecule is COc1cc2c(c(OC)c1O)[C@H]1CCC[C@H]1O2. The lowest BCUT2D eigenvalue weighted by atomic mass is 9.96. The Hall–Kier alpha value is -1.58. The van der Waals surface area contributed by atoms with Crippen molar-refractivity contribution in [3.05, 3.63) is 11.6 Å². The van der Waals surface area contributed by atoms with Crippen LogP contribution in [0.5, 0.6) is 23.0 Å². The number of hydrogen-bond acceptors (Lipinski definition) is 4. The standard InChI is InChI=1S/C13H16O4/c1-15-10-6-9-11(13(16-2)12(10)14)7-4-3-5-8(7)17-9/h6-8,14H,3-5H2,1-2H3/t7-,8+/m0/s1. The fourth-order valence-electron chi connectivity index (χ4n) is 2.99. The average Bonchev–Trinajstić information content (AvgIpc) is 2.89. The number of ether oxygens (including phenoxy) is 3. The summed E-state index contributed by atoms with van der Waals surface area (Å²) in [7, 11) is 3.09. The van der Waals surface area contributed by atoms with E-state index in [9.17, 15) is 5.11 Å². The van der Waals surface area contributed by atoms with E-state index < -0.39 is 0 Å². The van der Waals surface area contributed by atoms with Gasteiger partial charge in [0.2, 0.25) is 5.75 Å². The lowest BCUT2D eigenvalue weighted by molar-refractivity contribution is 0.224. The summed E-state index contributed by atoms with van der Waals surface area (Å²) in [5.41, 5.74) is 1.01. The molecule has 0 saturated heterocycles. The Morgan fingerprint density at radius 1 is 1.29 bits per heavy atom. The highest BCUT2D eigenvalue weighted by Crippen LogP contribution is 2.55. The normalized spacial score (nSPS) is 25.1. The van der Waals surface area contributed by atoms with Crippen molar-refractivity contribution in [2.45, 2.75) is 31.3 Å². The number of phenols is 1. The van der Waals surface area contributed by atoms with Crippen molar-refractivity contribution in [3.63, 3.8) is 0 Å². The fraction of sp³-hybridized carbons (Fsp3) is 0.538. The first kappa shape index (κ1) is 10.6. The Labute approximate surface area is 100 Å². The molecule has 0 aromatic heterocycles. The summed E-state index contributed by atoms with van der Waals surface area (Å²) in [6.45, 7) is 0. The molecule has 17 heavy (non-hydrogen) atoms. The van der Waals surface area contributed by atoms with Gasteiger partial charge in [-0.05, 0) is 19.3 Å². The second kappa shape index (κ2) is 3.72. The summed E-state index contributed by atoms with van der Waals surface area (Å²) in [5, 5.41) is 10.1. The number of rotatable bonds is 2. The lowest BCUT2D eigenvalue weighted by Gasteiger charge is -2.14. The first-order chi connectivity index (χ1) is 8.26. The highest BCUT2D eigenvalue weighted by molar-refractivity contribution is 5.64. The van der Waals surface area contributed by atoms with E-state index in [4.69, 9.17) is 14.2 Å². The van der Waals surface area contributed by atoms with Crippen LogP contribution in [0.3, 0.4) is 0 Å². The van der Waals surface area contributed by atoms with Crippen molar-refractivity contribution in [1.82, 2.24) is 0 Å². The predicted molar refractivity (Wildman–Crippen MR) is 62.2 cm³/mol. The van der Waals surface area contributed by atoms with Crippen LogP contribution in [0.25, 0.3) is 0 Å². The molecule has 1 aliphatic carbocycles. The third-order valence-corrected chi connectivity index (χ3v) is 3.75. The zero-order valence-electron chi connectivity index (χ0n) is 10.0. The number of phenolic OH excluding ortho intramolecular Hbond substituents is 1. The Balaban J connectivity index is 2.17. The van der Waals surface area contributed by atoms with Crippen molar-refractivity contribution >= 4 is 0 Å². The van der Waals surface area contributed by atoms with Gasteiger partial charge in [-0.2, -0.15) is 0 Å². The Kier molecular flexibility index (Phi) is 2.31.